The minimum absolute atomic E-state index is 0.00413. The Kier molecular flexibility index (Phi) is 26.4. The molecule has 27 nitrogen and oxygen atoms in total. The molecule has 87 heavy (non-hydrogen) atoms. The third-order valence-corrected chi connectivity index (χ3v) is 14.3. The van der Waals surface area contributed by atoms with Crippen molar-refractivity contribution in [3.05, 3.63) is 114 Å². The number of likely N-dealkylation sites (tertiary alicyclic amines) is 1. The van der Waals surface area contributed by atoms with Crippen molar-refractivity contribution in [2.24, 2.45) is 45.3 Å². The molecule has 0 aromatic heterocycles. The lowest BCUT2D eigenvalue weighted by atomic mass is 9.98. The lowest BCUT2D eigenvalue weighted by Crippen LogP contribution is -2.61. The number of aromatic hydroxyl groups is 1. The molecule has 4 aromatic carbocycles. The first-order valence-corrected chi connectivity index (χ1v) is 28.7. The van der Waals surface area contributed by atoms with Crippen LogP contribution in [-0.2, 0) is 72.0 Å². The van der Waals surface area contributed by atoms with Crippen LogP contribution in [0.15, 0.2) is 102 Å². The number of amides is 11. The normalized spacial score (nSPS) is 15.2. The molecule has 27 heteroatoms. The van der Waals surface area contributed by atoms with E-state index in [1.807, 2.05) is 50.2 Å². The van der Waals surface area contributed by atoms with Crippen LogP contribution in [0.2, 0.25) is 0 Å². The lowest BCUT2D eigenvalue weighted by molar-refractivity contribution is -0.143. The maximum atomic E-state index is 14.8. The number of phenolic OH excluding ortho intramolecular Hbond substituents is 1. The SMILES string of the molecule is CC(C)C[C@H](NC(=O)[C@H](Cc1ccc2ccccc2c1)NC(=O)[C@H](Cc1ccc(O)cc1)NC(=O)CCN)C(=O)N[C@@H](Cc1ccccc1)C(=O)N[C@@H](CCC(N)=O)C(=O)N1CCC[C@H]1C(=O)N[C@@H](CCCN=C(N)N)C(=O)N[C@@H](CC(N)=O)C(N)=O. The highest BCUT2D eigenvalue weighted by atomic mass is 16.3. The van der Waals surface area contributed by atoms with Crippen molar-refractivity contribution < 1.29 is 57.8 Å². The molecule has 8 atom stereocenters. The number of carbonyl (C=O) groups excluding carboxylic acids is 11. The molecule has 5 rings (SSSR count). The summed E-state index contributed by atoms with van der Waals surface area (Å²) >= 11 is 0. The maximum absolute atomic E-state index is 14.8. The number of fused-ring (bicyclic) bond motifs is 1. The summed E-state index contributed by atoms with van der Waals surface area (Å²) in [5.74, 6) is -9.58. The van der Waals surface area contributed by atoms with Gasteiger partial charge in [-0.15, -0.1) is 0 Å². The summed E-state index contributed by atoms with van der Waals surface area (Å²) in [6, 6.07) is 16.7. The summed E-state index contributed by atoms with van der Waals surface area (Å²) in [4.78, 5) is 155. The Morgan fingerprint density at radius 1 is 0.563 bits per heavy atom. The van der Waals surface area contributed by atoms with Gasteiger partial charge >= 0.3 is 0 Å². The number of primary amides is 3. The van der Waals surface area contributed by atoms with E-state index in [9.17, 15) is 57.8 Å². The van der Waals surface area contributed by atoms with Crippen molar-refractivity contribution in [1.29, 1.82) is 0 Å². The van der Waals surface area contributed by atoms with Crippen LogP contribution in [0.4, 0.5) is 0 Å². The number of guanidine groups is 1. The van der Waals surface area contributed by atoms with E-state index in [1.165, 1.54) is 17.0 Å². The average molecular weight is 1200 g/mol. The number of nitrogens with zero attached hydrogens (tertiary/aromatic N) is 2. The third-order valence-electron chi connectivity index (χ3n) is 14.3. The Hall–Kier alpha value is -9.66. The molecule has 1 aliphatic rings. The fourth-order valence-corrected chi connectivity index (χ4v) is 9.92. The Morgan fingerprint density at radius 3 is 1.68 bits per heavy atom. The highest BCUT2D eigenvalue weighted by Gasteiger charge is 2.41. The Morgan fingerprint density at radius 2 is 1.09 bits per heavy atom. The molecule has 0 aliphatic carbocycles. The fraction of sp³-hybridized carbons (Fsp3) is 0.433. The number of hydrogen-bond donors (Lipinski definition) is 14. The number of nitrogens with one attached hydrogen (secondary N) is 7. The van der Waals surface area contributed by atoms with Crippen LogP contribution in [0.25, 0.3) is 10.8 Å². The smallest absolute Gasteiger partial charge is 0.245 e. The zero-order chi connectivity index (χ0) is 63.7. The molecule has 0 radical (unpaired) electrons. The van der Waals surface area contributed by atoms with E-state index < -0.39 is 126 Å². The Bertz CT molecular complexity index is 3100. The fourth-order valence-electron chi connectivity index (χ4n) is 9.92. The minimum Gasteiger partial charge on any atom is -0.508 e. The molecule has 468 valence electrons. The number of aliphatic imine (C=N–C) groups is 1. The molecule has 20 N–H and O–H groups in total. The molecule has 11 amide bonds. The molecule has 1 fully saturated rings. The van der Waals surface area contributed by atoms with Gasteiger partial charge in [0, 0.05) is 51.7 Å². The summed E-state index contributed by atoms with van der Waals surface area (Å²) in [6.07, 6.45) is -1.28. The zero-order valence-electron chi connectivity index (χ0n) is 48.8. The predicted octanol–water partition coefficient (Wildman–Crippen LogP) is -1.97. The van der Waals surface area contributed by atoms with E-state index in [-0.39, 0.29) is 101 Å². The second kappa shape index (κ2) is 33.7. The molecule has 1 heterocycles. The molecule has 1 aliphatic heterocycles. The third kappa shape index (κ3) is 22.4. The number of hydrogen-bond acceptors (Lipinski definition) is 14. The van der Waals surface area contributed by atoms with Gasteiger partial charge < -0.3 is 81.6 Å². The van der Waals surface area contributed by atoms with Crippen LogP contribution in [-0.4, -0.2) is 149 Å². The van der Waals surface area contributed by atoms with E-state index in [1.54, 1.807) is 48.5 Å². The van der Waals surface area contributed by atoms with Gasteiger partial charge in [-0.05, 0) is 84.0 Å². The maximum Gasteiger partial charge on any atom is 0.245 e. The van der Waals surface area contributed by atoms with Gasteiger partial charge in [0.05, 0.1) is 6.42 Å². The van der Waals surface area contributed by atoms with Crippen molar-refractivity contribution in [3.8, 4) is 5.75 Å². The first kappa shape index (κ1) is 68.1. The molecule has 0 unspecified atom stereocenters. The van der Waals surface area contributed by atoms with Crippen molar-refractivity contribution >= 4 is 81.7 Å². The van der Waals surface area contributed by atoms with Crippen LogP contribution in [0.1, 0.15) is 88.3 Å². The van der Waals surface area contributed by atoms with Gasteiger partial charge in [-0.1, -0.05) is 98.8 Å². The second-order valence-electron chi connectivity index (χ2n) is 21.8. The highest BCUT2D eigenvalue weighted by molar-refractivity contribution is 5.99. The Balaban J connectivity index is 1.43. The first-order valence-electron chi connectivity index (χ1n) is 28.7. The summed E-state index contributed by atoms with van der Waals surface area (Å²) < 4.78 is 0. The standard InChI is InChI=1S/C60H81N15O12/c1-34(2)28-44(72-57(85)47(32-37-16-19-38-12-6-7-13-39(38)29-37)74-55(83)45(68-51(79)24-25-61)31-36-17-20-40(76)21-18-36)54(82)73-46(30-35-10-4-3-5-11-35)56(84)70-42(22-23-49(62)77)59(87)75-27-9-15-48(75)58(86)69-41(14-8-26-67-60(65)66)53(81)71-43(52(64)80)33-50(63)78/h3-7,10-13,16-21,29,34,41-48,76H,8-9,14-15,22-28,30-33,61H2,1-2H3,(H2,62,77)(H2,63,78)(H2,64,80)(H,68,79)(H,69,86)(H,70,84)(H,71,81)(H,72,85)(H,73,82)(H,74,83)(H4,65,66,67)/t41-,42-,43-,44-,45-,46-,47-,48-/m0/s1. The number of benzene rings is 4. The summed E-state index contributed by atoms with van der Waals surface area (Å²) in [5.41, 5.74) is 34.6. The topological polar surface area (TPSA) is 464 Å². The highest BCUT2D eigenvalue weighted by Crippen LogP contribution is 2.22. The average Bonchev–Trinajstić information content (AvgIpc) is 2.51. The van der Waals surface area contributed by atoms with Gasteiger partial charge in [0.25, 0.3) is 0 Å². The largest absolute Gasteiger partial charge is 0.508 e. The van der Waals surface area contributed by atoms with Crippen molar-refractivity contribution in [3.63, 3.8) is 0 Å². The molecular weight excluding hydrogens is 1120 g/mol. The van der Waals surface area contributed by atoms with Gasteiger partial charge in [-0.3, -0.25) is 57.7 Å². The van der Waals surface area contributed by atoms with E-state index >= 15 is 0 Å². The number of carbonyl (C=O) groups is 11. The molecule has 0 bridgehead atoms. The van der Waals surface area contributed by atoms with E-state index in [0.29, 0.717) is 16.7 Å². The van der Waals surface area contributed by atoms with Crippen LogP contribution < -0.4 is 71.6 Å². The quantitative estimate of drug-likeness (QED) is 0.0137. The van der Waals surface area contributed by atoms with Crippen LogP contribution >= 0.6 is 0 Å². The van der Waals surface area contributed by atoms with Gasteiger partial charge in [-0.25, -0.2) is 0 Å². The first-order chi connectivity index (χ1) is 41.4. The number of rotatable bonds is 34. The number of nitrogens with two attached hydrogens (primary N) is 6. The zero-order valence-corrected chi connectivity index (χ0v) is 48.8. The summed E-state index contributed by atoms with van der Waals surface area (Å²) in [6.45, 7) is 3.64. The van der Waals surface area contributed by atoms with Crippen molar-refractivity contribution in [2.45, 2.75) is 139 Å². The molecular formula is C60H81N15O12. The summed E-state index contributed by atoms with van der Waals surface area (Å²) in [5, 5.41) is 30.5. The van der Waals surface area contributed by atoms with Gasteiger partial charge in [0.2, 0.25) is 65.0 Å². The van der Waals surface area contributed by atoms with Crippen LogP contribution in [0.5, 0.6) is 5.75 Å². The molecule has 0 spiro atoms. The minimum atomic E-state index is -1.52. The van der Waals surface area contributed by atoms with Crippen LogP contribution in [0.3, 0.4) is 0 Å². The van der Waals surface area contributed by atoms with Gasteiger partial charge in [0.1, 0.15) is 54.1 Å². The predicted molar refractivity (Wildman–Crippen MR) is 322 cm³/mol. The second-order valence-corrected chi connectivity index (χ2v) is 21.8. The van der Waals surface area contributed by atoms with Crippen LogP contribution in [0, 0.1) is 5.92 Å². The van der Waals surface area contributed by atoms with Gasteiger partial charge in [0.15, 0.2) is 5.96 Å². The lowest BCUT2D eigenvalue weighted by Gasteiger charge is -2.31. The Labute approximate surface area is 503 Å². The monoisotopic (exact) mass is 1200 g/mol. The van der Waals surface area contributed by atoms with E-state index in [2.05, 4.69) is 42.2 Å². The van der Waals surface area contributed by atoms with Crippen molar-refractivity contribution in [2.75, 3.05) is 19.6 Å². The van der Waals surface area contributed by atoms with Gasteiger partial charge in [-0.2, -0.15) is 0 Å². The number of phenols is 1. The molecule has 0 saturated carbocycles. The van der Waals surface area contributed by atoms with E-state index in [0.717, 1.165) is 10.8 Å². The summed E-state index contributed by atoms with van der Waals surface area (Å²) in [7, 11) is 0. The molecule has 4 aromatic rings. The van der Waals surface area contributed by atoms with Crippen molar-refractivity contribution in [1.82, 2.24) is 42.1 Å². The van der Waals surface area contributed by atoms with E-state index in [4.69, 9.17) is 34.4 Å². The molecule has 1 saturated heterocycles.